The lowest BCUT2D eigenvalue weighted by molar-refractivity contribution is 0.0697. The average Bonchev–Trinajstić information content (AvgIpc) is 2.45. The molecule has 110 valence electrons. The minimum absolute atomic E-state index is 0.309. The molecule has 0 spiro atoms. The molecule has 0 bridgehead atoms. The van der Waals surface area contributed by atoms with Crippen molar-refractivity contribution in [3.8, 4) is 5.75 Å². The quantitative estimate of drug-likeness (QED) is 0.893. The zero-order valence-electron chi connectivity index (χ0n) is 10.8. The first-order valence-electron chi connectivity index (χ1n) is 5.76. The maximum absolute atomic E-state index is 13.8. The Hall–Kier alpha value is -2.34. The molecule has 2 aromatic rings. The molecule has 0 heterocycles. The third kappa shape index (κ3) is 3.05. The van der Waals surface area contributed by atoms with Crippen LogP contribution >= 0.6 is 11.6 Å². The first-order chi connectivity index (χ1) is 9.93. The van der Waals surface area contributed by atoms with Crippen molar-refractivity contribution in [2.75, 3.05) is 12.4 Å². The topological polar surface area (TPSA) is 58.6 Å². The van der Waals surface area contributed by atoms with Gasteiger partial charge in [0.15, 0.2) is 11.6 Å². The molecule has 0 unspecified atom stereocenters. The molecular formula is C14H10ClF2NO3. The number of benzene rings is 2. The highest BCUT2D eigenvalue weighted by molar-refractivity contribution is 6.32. The van der Waals surface area contributed by atoms with Gasteiger partial charge in [0.1, 0.15) is 5.75 Å². The molecule has 0 amide bonds. The van der Waals surface area contributed by atoms with Crippen LogP contribution in [0, 0.1) is 11.6 Å². The Kier molecular flexibility index (Phi) is 4.28. The van der Waals surface area contributed by atoms with E-state index in [2.05, 4.69) is 5.32 Å². The summed E-state index contributed by atoms with van der Waals surface area (Å²) < 4.78 is 32.1. The number of hydrogen-bond donors (Lipinski definition) is 2. The second-order valence-electron chi connectivity index (χ2n) is 4.06. The lowest BCUT2D eigenvalue weighted by Gasteiger charge is -2.12. The second kappa shape index (κ2) is 5.97. The Morgan fingerprint density at radius 1 is 1.29 bits per heavy atom. The standard InChI is InChI=1S/C14H10ClF2NO3/c1-21-11-6-7(2-4-9(11)15)18-13-8(14(19)20)3-5-10(16)12(13)17/h2-6,18H,1H3,(H,19,20). The average molecular weight is 314 g/mol. The van der Waals surface area contributed by atoms with E-state index < -0.39 is 23.3 Å². The number of methoxy groups -OCH3 is 1. The summed E-state index contributed by atoms with van der Waals surface area (Å²) in [5, 5.41) is 11.9. The number of carboxylic acid groups (broad SMARTS) is 1. The summed E-state index contributed by atoms with van der Waals surface area (Å²) >= 11 is 5.86. The van der Waals surface area contributed by atoms with Crippen molar-refractivity contribution in [1.82, 2.24) is 0 Å². The van der Waals surface area contributed by atoms with Crippen LogP contribution in [0.1, 0.15) is 10.4 Å². The monoisotopic (exact) mass is 313 g/mol. The summed E-state index contributed by atoms with van der Waals surface area (Å²) in [6, 6.07) is 6.15. The number of aromatic carboxylic acids is 1. The number of anilines is 2. The van der Waals surface area contributed by atoms with Crippen molar-refractivity contribution >= 4 is 28.9 Å². The molecule has 0 radical (unpaired) electrons. The van der Waals surface area contributed by atoms with E-state index in [9.17, 15) is 13.6 Å². The Bertz CT molecular complexity index is 707. The number of ether oxygens (including phenoxy) is 1. The van der Waals surface area contributed by atoms with Crippen LogP contribution in [0.15, 0.2) is 30.3 Å². The molecule has 0 fully saturated rings. The van der Waals surface area contributed by atoms with Crippen LogP contribution in [0.4, 0.5) is 20.2 Å². The van der Waals surface area contributed by atoms with Crippen LogP contribution in [-0.2, 0) is 0 Å². The molecule has 0 aromatic heterocycles. The molecule has 4 nitrogen and oxygen atoms in total. The molecule has 21 heavy (non-hydrogen) atoms. The summed E-state index contributed by atoms with van der Waals surface area (Å²) in [4.78, 5) is 11.1. The smallest absolute Gasteiger partial charge is 0.337 e. The van der Waals surface area contributed by atoms with Crippen LogP contribution in [0.3, 0.4) is 0 Å². The van der Waals surface area contributed by atoms with E-state index in [0.717, 1.165) is 12.1 Å². The van der Waals surface area contributed by atoms with Gasteiger partial charge in [0.25, 0.3) is 0 Å². The predicted molar refractivity (Wildman–Crippen MR) is 74.6 cm³/mol. The lowest BCUT2D eigenvalue weighted by Crippen LogP contribution is -2.06. The summed E-state index contributed by atoms with van der Waals surface area (Å²) in [5.41, 5.74) is -0.544. The van der Waals surface area contributed by atoms with Crippen LogP contribution in [0.25, 0.3) is 0 Å². The Labute approximate surface area is 123 Å². The number of carbonyl (C=O) groups is 1. The van der Waals surface area contributed by atoms with Gasteiger partial charge in [0, 0.05) is 11.8 Å². The molecular weight excluding hydrogens is 304 g/mol. The van der Waals surface area contributed by atoms with Crippen molar-refractivity contribution in [3.05, 3.63) is 52.6 Å². The maximum atomic E-state index is 13.8. The van der Waals surface area contributed by atoms with E-state index in [1.54, 1.807) is 0 Å². The third-order valence-corrected chi connectivity index (χ3v) is 3.06. The molecule has 0 aliphatic rings. The zero-order chi connectivity index (χ0) is 15.6. The van der Waals surface area contributed by atoms with Crippen LogP contribution in [0.2, 0.25) is 5.02 Å². The van der Waals surface area contributed by atoms with Gasteiger partial charge in [-0.3, -0.25) is 0 Å². The minimum atomic E-state index is -1.38. The highest BCUT2D eigenvalue weighted by atomic mass is 35.5. The summed E-state index contributed by atoms with van der Waals surface area (Å²) in [7, 11) is 1.40. The molecule has 0 atom stereocenters. The van der Waals surface area contributed by atoms with Gasteiger partial charge in [0.2, 0.25) is 0 Å². The minimum Gasteiger partial charge on any atom is -0.495 e. The van der Waals surface area contributed by atoms with Crippen molar-refractivity contribution in [3.63, 3.8) is 0 Å². The van der Waals surface area contributed by atoms with E-state index in [0.29, 0.717) is 16.5 Å². The van der Waals surface area contributed by atoms with Gasteiger partial charge in [-0.1, -0.05) is 11.6 Å². The first-order valence-corrected chi connectivity index (χ1v) is 6.13. The normalized spacial score (nSPS) is 10.3. The van der Waals surface area contributed by atoms with Gasteiger partial charge >= 0.3 is 5.97 Å². The number of rotatable bonds is 4. The van der Waals surface area contributed by atoms with Crippen LogP contribution in [-0.4, -0.2) is 18.2 Å². The summed E-state index contributed by atoms with van der Waals surface area (Å²) in [5.74, 6) is -3.49. The fraction of sp³-hybridized carbons (Fsp3) is 0.0714. The highest BCUT2D eigenvalue weighted by Gasteiger charge is 2.18. The molecule has 7 heteroatoms. The van der Waals surface area contributed by atoms with E-state index in [4.69, 9.17) is 21.4 Å². The van der Waals surface area contributed by atoms with Crippen molar-refractivity contribution in [2.24, 2.45) is 0 Å². The van der Waals surface area contributed by atoms with Crippen LogP contribution in [0.5, 0.6) is 5.75 Å². The van der Waals surface area contributed by atoms with Crippen molar-refractivity contribution < 1.29 is 23.4 Å². The number of halogens is 3. The maximum Gasteiger partial charge on any atom is 0.337 e. The molecule has 0 aliphatic carbocycles. The molecule has 2 aromatic carbocycles. The molecule has 0 saturated carbocycles. The predicted octanol–water partition coefficient (Wildman–Crippen LogP) is 4.07. The van der Waals surface area contributed by atoms with E-state index in [1.165, 1.54) is 25.3 Å². The van der Waals surface area contributed by atoms with E-state index >= 15 is 0 Å². The SMILES string of the molecule is COc1cc(Nc2c(C(=O)O)ccc(F)c2F)ccc1Cl. The number of hydrogen-bond acceptors (Lipinski definition) is 3. The van der Waals surface area contributed by atoms with Gasteiger partial charge in [-0.2, -0.15) is 0 Å². The van der Waals surface area contributed by atoms with E-state index in [-0.39, 0.29) is 5.56 Å². The molecule has 2 rings (SSSR count). The summed E-state index contributed by atoms with van der Waals surface area (Å²) in [6.45, 7) is 0. The summed E-state index contributed by atoms with van der Waals surface area (Å²) in [6.07, 6.45) is 0. The third-order valence-electron chi connectivity index (χ3n) is 2.75. The number of carboxylic acids is 1. The van der Waals surface area contributed by atoms with E-state index in [1.807, 2.05) is 0 Å². The fourth-order valence-electron chi connectivity index (χ4n) is 1.73. The van der Waals surface area contributed by atoms with Gasteiger partial charge in [-0.25, -0.2) is 13.6 Å². The fourth-order valence-corrected chi connectivity index (χ4v) is 1.93. The van der Waals surface area contributed by atoms with Gasteiger partial charge in [-0.15, -0.1) is 0 Å². The Morgan fingerprint density at radius 2 is 2.00 bits per heavy atom. The number of nitrogens with one attached hydrogen (secondary N) is 1. The van der Waals surface area contributed by atoms with Gasteiger partial charge in [-0.05, 0) is 24.3 Å². The highest BCUT2D eigenvalue weighted by Crippen LogP contribution is 2.31. The van der Waals surface area contributed by atoms with Gasteiger partial charge < -0.3 is 15.2 Å². The molecule has 0 aliphatic heterocycles. The van der Waals surface area contributed by atoms with Crippen molar-refractivity contribution in [1.29, 1.82) is 0 Å². The second-order valence-corrected chi connectivity index (χ2v) is 4.47. The zero-order valence-corrected chi connectivity index (χ0v) is 11.5. The lowest BCUT2D eigenvalue weighted by atomic mass is 10.1. The molecule has 2 N–H and O–H groups in total. The Balaban J connectivity index is 2.48. The van der Waals surface area contributed by atoms with Crippen molar-refractivity contribution in [2.45, 2.75) is 0 Å². The Morgan fingerprint density at radius 3 is 2.62 bits per heavy atom. The van der Waals surface area contributed by atoms with Crippen LogP contribution < -0.4 is 10.1 Å². The molecule has 0 saturated heterocycles. The largest absolute Gasteiger partial charge is 0.495 e. The van der Waals surface area contributed by atoms with Gasteiger partial charge in [0.05, 0.1) is 23.4 Å². The first kappa shape index (κ1) is 15.1.